The number of ether oxygens (including phenoxy) is 1. The molecule has 1 saturated carbocycles. The van der Waals surface area contributed by atoms with Crippen LogP contribution in [0.25, 0.3) is 0 Å². The lowest BCUT2D eigenvalue weighted by Crippen LogP contribution is -2.32. The van der Waals surface area contributed by atoms with Crippen molar-refractivity contribution in [3.63, 3.8) is 0 Å². The number of allylic oxidation sites excluding steroid dienone is 2. The molecule has 146 valence electrons. The number of rotatable bonds is 5. The van der Waals surface area contributed by atoms with E-state index in [0.717, 1.165) is 12.0 Å². The second kappa shape index (κ2) is 6.69. The van der Waals surface area contributed by atoms with Crippen molar-refractivity contribution in [2.45, 2.75) is 13.3 Å². The average Bonchev–Trinajstić information content (AvgIpc) is 3.41. The first-order valence-corrected chi connectivity index (χ1v) is 9.92. The lowest BCUT2D eigenvalue weighted by molar-refractivity contribution is -0.123. The predicted molar refractivity (Wildman–Crippen MR) is 108 cm³/mol. The van der Waals surface area contributed by atoms with Crippen molar-refractivity contribution < 1.29 is 19.1 Å². The van der Waals surface area contributed by atoms with E-state index in [0.29, 0.717) is 17.0 Å². The highest BCUT2D eigenvalue weighted by atomic mass is 16.5. The van der Waals surface area contributed by atoms with Crippen molar-refractivity contribution in [3.05, 3.63) is 71.8 Å². The Morgan fingerprint density at radius 2 is 1.66 bits per heavy atom. The number of carbonyl (C=O) groups excluding carboxylic acids is 3. The Bertz CT molecular complexity index is 1010. The van der Waals surface area contributed by atoms with E-state index >= 15 is 0 Å². The van der Waals surface area contributed by atoms with E-state index in [-0.39, 0.29) is 47.9 Å². The van der Waals surface area contributed by atoms with Crippen molar-refractivity contribution in [1.82, 2.24) is 0 Å². The molecule has 1 saturated heterocycles. The second-order valence-corrected chi connectivity index (χ2v) is 8.09. The lowest BCUT2D eigenvalue weighted by Gasteiger charge is -2.18. The van der Waals surface area contributed by atoms with Gasteiger partial charge in [0.2, 0.25) is 11.8 Å². The zero-order valence-electron chi connectivity index (χ0n) is 16.1. The summed E-state index contributed by atoms with van der Waals surface area (Å²) >= 11 is 0. The molecular formula is C24H21NO4. The van der Waals surface area contributed by atoms with Gasteiger partial charge < -0.3 is 4.74 Å². The maximum Gasteiger partial charge on any atom is 0.238 e. The van der Waals surface area contributed by atoms with Crippen molar-refractivity contribution in [1.29, 1.82) is 0 Å². The summed E-state index contributed by atoms with van der Waals surface area (Å²) in [5.41, 5.74) is 2.19. The number of nitrogens with zero attached hydrogens (tertiary/aromatic N) is 1. The van der Waals surface area contributed by atoms with E-state index < -0.39 is 0 Å². The van der Waals surface area contributed by atoms with Crippen LogP contribution in [0.5, 0.6) is 5.75 Å². The largest absolute Gasteiger partial charge is 0.485 e. The summed E-state index contributed by atoms with van der Waals surface area (Å²) in [6.07, 6.45) is 5.07. The minimum absolute atomic E-state index is 0.103. The topological polar surface area (TPSA) is 63.7 Å². The van der Waals surface area contributed by atoms with Crippen molar-refractivity contribution in [2.24, 2.45) is 23.7 Å². The molecule has 0 radical (unpaired) electrons. The van der Waals surface area contributed by atoms with E-state index in [1.165, 1.54) is 4.90 Å². The maximum absolute atomic E-state index is 13.0. The third-order valence-electron chi connectivity index (χ3n) is 6.29. The average molecular weight is 387 g/mol. The molecule has 2 aromatic rings. The SMILES string of the molecule is Cc1ccc(C(=O)COc2cccc(N3C(=O)[C@@H]4[C@H](C3=O)[C@@H]3C=C[C@H]4C3)c2)cc1. The van der Waals surface area contributed by atoms with Crippen molar-refractivity contribution in [2.75, 3.05) is 11.5 Å². The molecule has 2 aromatic carbocycles. The fourth-order valence-corrected chi connectivity index (χ4v) is 4.84. The number of benzene rings is 2. The van der Waals surface area contributed by atoms with Crippen LogP contribution in [0.4, 0.5) is 5.69 Å². The highest BCUT2D eigenvalue weighted by Crippen LogP contribution is 2.53. The summed E-state index contributed by atoms with van der Waals surface area (Å²) in [7, 11) is 0. The number of carbonyl (C=O) groups is 3. The monoisotopic (exact) mass is 387 g/mol. The quantitative estimate of drug-likeness (QED) is 0.447. The number of ketones is 1. The number of hydrogen-bond acceptors (Lipinski definition) is 4. The van der Waals surface area contributed by atoms with E-state index in [2.05, 4.69) is 12.2 Å². The van der Waals surface area contributed by atoms with E-state index in [4.69, 9.17) is 4.74 Å². The summed E-state index contributed by atoms with van der Waals surface area (Å²) in [6, 6.07) is 14.2. The Kier molecular flexibility index (Phi) is 4.12. The van der Waals surface area contributed by atoms with Crippen LogP contribution in [0.3, 0.4) is 0 Å². The number of hydrogen-bond donors (Lipinski definition) is 0. The smallest absolute Gasteiger partial charge is 0.238 e. The highest BCUT2D eigenvalue weighted by Gasteiger charge is 2.59. The fraction of sp³-hybridized carbons (Fsp3) is 0.292. The number of amides is 2. The number of imide groups is 1. The van der Waals surface area contributed by atoms with Crippen LogP contribution in [0, 0.1) is 30.6 Å². The molecule has 0 aromatic heterocycles. The molecule has 3 aliphatic rings. The van der Waals surface area contributed by atoms with Crippen LogP contribution in [0.1, 0.15) is 22.3 Å². The standard InChI is InChI=1S/C24H21NO4/c1-14-5-7-15(8-6-14)20(26)13-29-19-4-2-3-18(12-19)25-23(27)21-16-9-10-17(11-16)22(21)24(25)28/h2-10,12,16-17,21-22H,11,13H2,1H3/t16-,17+,21-,22+. The maximum atomic E-state index is 13.0. The summed E-state index contributed by atoms with van der Waals surface area (Å²) in [5.74, 6) is -0.0107. The molecule has 5 nitrogen and oxygen atoms in total. The fourth-order valence-electron chi connectivity index (χ4n) is 4.84. The van der Waals surface area contributed by atoms with Gasteiger partial charge in [-0.2, -0.15) is 0 Å². The van der Waals surface area contributed by atoms with Gasteiger partial charge in [-0.1, -0.05) is 48.0 Å². The molecule has 1 heterocycles. The van der Waals surface area contributed by atoms with Gasteiger partial charge in [0.1, 0.15) is 5.75 Å². The molecule has 2 bridgehead atoms. The highest BCUT2D eigenvalue weighted by molar-refractivity contribution is 6.22. The van der Waals surface area contributed by atoms with Crippen LogP contribution in [0.15, 0.2) is 60.7 Å². The molecule has 1 aliphatic heterocycles. The van der Waals surface area contributed by atoms with Crippen LogP contribution < -0.4 is 9.64 Å². The van der Waals surface area contributed by atoms with Gasteiger partial charge in [-0.25, -0.2) is 4.90 Å². The summed E-state index contributed by atoms with van der Waals surface area (Å²) < 4.78 is 5.66. The van der Waals surface area contributed by atoms with Gasteiger partial charge in [-0.05, 0) is 37.3 Å². The normalized spacial score (nSPS) is 26.9. The Hall–Kier alpha value is -3.21. The number of aryl methyl sites for hydroxylation is 1. The first-order valence-electron chi connectivity index (χ1n) is 9.92. The Morgan fingerprint density at radius 3 is 2.31 bits per heavy atom. The first kappa shape index (κ1) is 17.9. The van der Waals surface area contributed by atoms with Gasteiger partial charge in [0.15, 0.2) is 12.4 Å². The van der Waals surface area contributed by atoms with Crippen LogP contribution in [0.2, 0.25) is 0 Å². The zero-order chi connectivity index (χ0) is 20.1. The predicted octanol–water partition coefficient (Wildman–Crippen LogP) is 3.57. The minimum Gasteiger partial charge on any atom is -0.485 e. The molecule has 0 N–H and O–H groups in total. The molecule has 0 spiro atoms. The molecule has 29 heavy (non-hydrogen) atoms. The second-order valence-electron chi connectivity index (χ2n) is 8.09. The van der Waals surface area contributed by atoms with Gasteiger partial charge in [0.25, 0.3) is 0 Å². The number of fused-ring (bicyclic) bond motifs is 5. The molecule has 2 fully saturated rings. The summed E-state index contributed by atoms with van der Waals surface area (Å²) in [6.45, 7) is 1.86. The Labute approximate surface area is 169 Å². The zero-order valence-corrected chi connectivity index (χ0v) is 16.1. The van der Waals surface area contributed by atoms with Gasteiger partial charge >= 0.3 is 0 Å². The van der Waals surface area contributed by atoms with Crippen LogP contribution >= 0.6 is 0 Å². The van der Waals surface area contributed by atoms with E-state index in [9.17, 15) is 14.4 Å². The molecule has 2 aliphatic carbocycles. The van der Waals surface area contributed by atoms with Crippen LogP contribution in [-0.2, 0) is 9.59 Å². The van der Waals surface area contributed by atoms with Gasteiger partial charge in [0, 0.05) is 11.6 Å². The Balaban J connectivity index is 1.31. The minimum atomic E-state index is -0.231. The number of anilines is 1. The van der Waals surface area contributed by atoms with E-state index in [1.54, 1.807) is 36.4 Å². The van der Waals surface area contributed by atoms with Crippen molar-refractivity contribution in [3.8, 4) is 5.75 Å². The summed E-state index contributed by atoms with van der Waals surface area (Å²) in [4.78, 5) is 39.5. The molecule has 0 unspecified atom stereocenters. The molecule has 4 atom stereocenters. The third-order valence-corrected chi connectivity index (χ3v) is 6.29. The first-order chi connectivity index (χ1) is 14.0. The Morgan fingerprint density at radius 1 is 1.00 bits per heavy atom. The van der Waals surface area contributed by atoms with Crippen molar-refractivity contribution >= 4 is 23.3 Å². The van der Waals surface area contributed by atoms with Gasteiger partial charge in [-0.15, -0.1) is 0 Å². The number of Topliss-reactive ketones (excluding diaryl/α,β-unsaturated/α-hetero) is 1. The van der Waals surface area contributed by atoms with Gasteiger partial charge in [-0.3, -0.25) is 14.4 Å². The van der Waals surface area contributed by atoms with E-state index in [1.807, 2.05) is 19.1 Å². The lowest BCUT2D eigenvalue weighted by atomic mass is 9.85. The third kappa shape index (κ3) is 2.89. The summed E-state index contributed by atoms with van der Waals surface area (Å²) in [5, 5.41) is 0. The molecule has 5 rings (SSSR count). The molecular weight excluding hydrogens is 366 g/mol. The van der Waals surface area contributed by atoms with Gasteiger partial charge in [0.05, 0.1) is 17.5 Å². The van der Waals surface area contributed by atoms with Crippen LogP contribution in [-0.4, -0.2) is 24.2 Å². The molecule has 2 amide bonds. The molecule has 5 heteroatoms.